The fourth-order valence-corrected chi connectivity index (χ4v) is 2.74. The maximum Gasteiger partial charge on any atom is 0.203 e. The minimum absolute atomic E-state index is 0.112. The molecule has 1 aromatic carbocycles. The van der Waals surface area contributed by atoms with Crippen molar-refractivity contribution in [3.63, 3.8) is 0 Å². The smallest absolute Gasteiger partial charge is 0.203 e. The Labute approximate surface area is 82.0 Å². The Kier molecular flexibility index (Phi) is 1.82. The molecule has 4 heteroatoms. The molecule has 0 radical (unpaired) electrons. The van der Waals surface area contributed by atoms with Crippen molar-refractivity contribution in [3.8, 4) is 0 Å². The van der Waals surface area contributed by atoms with Crippen molar-refractivity contribution in [1.82, 2.24) is 0 Å². The molecule has 0 atom stereocenters. The monoisotopic (exact) mass is 208 g/mol. The lowest BCUT2D eigenvalue weighted by atomic mass is 10.1. The zero-order valence-corrected chi connectivity index (χ0v) is 8.34. The Hall–Kier alpha value is -1.42. The van der Waals surface area contributed by atoms with Gasteiger partial charge in [0.2, 0.25) is 9.84 Å². The van der Waals surface area contributed by atoms with Gasteiger partial charge in [0, 0.05) is 11.6 Å². The molecular weight excluding hydrogens is 200 g/mol. The number of ketones is 1. The minimum Gasteiger partial charge on any atom is -0.289 e. The molecular formula is C10H8O3S. The highest BCUT2D eigenvalue weighted by Gasteiger charge is 2.27. The van der Waals surface area contributed by atoms with Crippen LogP contribution in [0.2, 0.25) is 0 Å². The van der Waals surface area contributed by atoms with Gasteiger partial charge in [-0.15, -0.1) is 0 Å². The summed E-state index contributed by atoms with van der Waals surface area (Å²) in [5.74, 6) is -0.243. The SMILES string of the molecule is CC1=CC(=O)c2ccccc2S1(=O)=O. The predicted molar refractivity (Wildman–Crippen MR) is 51.7 cm³/mol. The van der Waals surface area contributed by atoms with Crippen LogP contribution in [0.4, 0.5) is 0 Å². The molecule has 0 fully saturated rings. The molecule has 1 aromatic rings. The first kappa shape index (κ1) is 9.15. The van der Waals surface area contributed by atoms with Crippen LogP contribution in [-0.2, 0) is 9.84 Å². The number of allylic oxidation sites excluding steroid dienone is 2. The summed E-state index contributed by atoms with van der Waals surface area (Å²) in [6, 6.07) is 6.25. The van der Waals surface area contributed by atoms with E-state index in [4.69, 9.17) is 0 Å². The third-order valence-electron chi connectivity index (χ3n) is 2.20. The number of benzene rings is 1. The topological polar surface area (TPSA) is 51.2 Å². The predicted octanol–water partition coefficient (Wildman–Crippen LogP) is 1.56. The van der Waals surface area contributed by atoms with Crippen LogP contribution in [-0.4, -0.2) is 14.2 Å². The lowest BCUT2D eigenvalue weighted by molar-refractivity contribution is 0.104. The molecule has 3 nitrogen and oxygen atoms in total. The van der Waals surface area contributed by atoms with Crippen LogP contribution in [0.3, 0.4) is 0 Å². The molecule has 0 aliphatic carbocycles. The van der Waals surface area contributed by atoms with Crippen molar-refractivity contribution in [2.45, 2.75) is 11.8 Å². The summed E-state index contributed by atoms with van der Waals surface area (Å²) in [7, 11) is -3.41. The number of carbonyl (C=O) groups is 1. The van der Waals surface area contributed by atoms with Gasteiger partial charge in [0.1, 0.15) is 0 Å². The Balaban J connectivity index is 2.85. The van der Waals surface area contributed by atoms with Gasteiger partial charge < -0.3 is 0 Å². The fraction of sp³-hybridized carbons (Fsp3) is 0.100. The van der Waals surface area contributed by atoms with Crippen molar-refractivity contribution < 1.29 is 13.2 Å². The number of hydrogen-bond acceptors (Lipinski definition) is 3. The highest BCUT2D eigenvalue weighted by Crippen LogP contribution is 2.27. The van der Waals surface area contributed by atoms with Gasteiger partial charge >= 0.3 is 0 Å². The second-order valence-corrected chi connectivity index (χ2v) is 5.21. The molecule has 14 heavy (non-hydrogen) atoms. The maximum atomic E-state index is 11.7. The average molecular weight is 208 g/mol. The molecule has 0 spiro atoms. The summed E-state index contributed by atoms with van der Waals surface area (Å²) in [4.78, 5) is 11.7. The van der Waals surface area contributed by atoms with Crippen LogP contribution in [0.25, 0.3) is 0 Å². The molecule has 0 N–H and O–H groups in total. The third kappa shape index (κ3) is 1.11. The van der Waals surface area contributed by atoms with E-state index in [2.05, 4.69) is 0 Å². The highest BCUT2D eigenvalue weighted by molar-refractivity contribution is 7.95. The van der Waals surface area contributed by atoms with Gasteiger partial charge in [-0.05, 0) is 19.1 Å². The summed E-state index contributed by atoms with van der Waals surface area (Å²) in [6.45, 7) is 1.43. The molecule has 1 aliphatic rings. The summed E-state index contributed by atoms with van der Waals surface area (Å²) in [5.41, 5.74) is 0.262. The van der Waals surface area contributed by atoms with Crippen LogP contribution >= 0.6 is 0 Å². The number of carbonyl (C=O) groups excluding carboxylic acids is 1. The zero-order chi connectivity index (χ0) is 10.3. The number of rotatable bonds is 0. The van der Waals surface area contributed by atoms with Crippen molar-refractivity contribution >= 4 is 15.6 Å². The fourth-order valence-electron chi connectivity index (χ4n) is 1.42. The Morgan fingerprint density at radius 3 is 2.50 bits per heavy atom. The van der Waals surface area contributed by atoms with E-state index in [-0.39, 0.29) is 21.1 Å². The van der Waals surface area contributed by atoms with E-state index < -0.39 is 9.84 Å². The van der Waals surface area contributed by atoms with Crippen LogP contribution in [0.15, 0.2) is 40.1 Å². The van der Waals surface area contributed by atoms with E-state index in [0.29, 0.717) is 0 Å². The van der Waals surface area contributed by atoms with Gasteiger partial charge in [-0.3, -0.25) is 4.79 Å². The molecule has 0 saturated heterocycles. The minimum atomic E-state index is -3.41. The van der Waals surface area contributed by atoms with Crippen LogP contribution in [0, 0.1) is 0 Å². The van der Waals surface area contributed by atoms with E-state index in [0.717, 1.165) is 6.08 Å². The second kappa shape index (κ2) is 2.78. The van der Waals surface area contributed by atoms with E-state index in [1.807, 2.05) is 0 Å². The van der Waals surface area contributed by atoms with Gasteiger partial charge in [0.15, 0.2) is 5.78 Å². The van der Waals surface area contributed by atoms with Crippen molar-refractivity contribution in [2.75, 3.05) is 0 Å². The molecule has 0 amide bonds. The molecule has 1 aliphatic heterocycles. The van der Waals surface area contributed by atoms with Crippen LogP contribution in [0.1, 0.15) is 17.3 Å². The van der Waals surface area contributed by atoms with E-state index in [1.165, 1.54) is 19.1 Å². The van der Waals surface area contributed by atoms with Gasteiger partial charge in [0.25, 0.3) is 0 Å². The zero-order valence-electron chi connectivity index (χ0n) is 7.52. The van der Waals surface area contributed by atoms with Gasteiger partial charge in [-0.25, -0.2) is 8.42 Å². The standard InChI is InChI=1S/C10H8O3S/c1-7-6-9(11)8-4-2-3-5-10(8)14(7,12)13/h2-6H,1H3. The van der Waals surface area contributed by atoms with Gasteiger partial charge in [-0.1, -0.05) is 12.1 Å². The summed E-state index contributed by atoms with van der Waals surface area (Å²) in [5, 5.41) is 0. The van der Waals surface area contributed by atoms with E-state index in [9.17, 15) is 13.2 Å². The van der Waals surface area contributed by atoms with Crippen molar-refractivity contribution in [2.24, 2.45) is 0 Å². The molecule has 0 bridgehead atoms. The summed E-state index contributed by atoms with van der Waals surface area (Å²) < 4.78 is 23.5. The number of sulfone groups is 1. The number of fused-ring (bicyclic) bond motifs is 1. The largest absolute Gasteiger partial charge is 0.289 e. The lowest BCUT2D eigenvalue weighted by Gasteiger charge is -2.13. The van der Waals surface area contributed by atoms with Gasteiger partial charge in [0.05, 0.1) is 9.80 Å². The Morgan fingerprint density at radius 1 is 1.14 bits per heavy atom. The van der Waals surface area contributed by atoms with Crippen molar-refractivity contribution in [1.29, 1.82) is 0 Å². The first-order valence-corrected chi connectivity index (χ1v) is 5.58. The molecule has 1 heterocycles. The van der Waals surface area contributed by atoms with Gasteiger partial charge in [-0.2, -0.15) is 0 Å². The van der Waals surface area contributed by atoms with Crippen molar-refractivity contribution in [3.05, 3.63) is 40.8 Å². The molecule has 72 valence electrons. The maximum absolute atomic E-state index is 11.7. The van der Waals surface area contributed by atoms with E-state index >= 15 is 0 Å². The molecule has 0 saturated carbocycles. The summed E-state index contributed by atoms with van der Waals surface area (Å²) in [6.07, 6.45) is 1.16. The molecule has 0 unspecified atom stereocenters. The van der Waals surface area contributed by atoms with E-state index in [1.54, 1.807) is 12.1 Å². The normalized spacial score (nSPS) is 18.6. The molecule has 0 aromatic heterocycles. The third-order valence-corrected chi connectivity index (χ3v) is 4.10. The lowest BCUT2D eigenvalue weighted by Crippen LogP contribution is -2.15. The van der Waals surface area contributed by atoms with Crippen LogP contribution in [0.5, 0.6) is 0 Å². The Bertz CT molecular complexity index is 538. The van der Waals surface area contributed by atoms with Crippen LogP contribution < -0.4 is 0 Å². The quantitative estimate of drug-likeness (QED) is 0.650. The summed E-state index contributed by atoms with van der Waals surface area (Å²) >= 11 is 0. The average Bonchev–Trinajstić information content (AvgIpc) is 2.16. The molecule has 2 rings (SSSR count). The second-order valence-electron chi connectivity index (χ2n) is 3.12. The first-order chi connectivity index (χ1) is 6.53. The Morgan fingerprint density at radius 2 is 1.79 bits per heavy atom. The highest BCUT2D eigenvalue weighted by atomic mass is 32.2. The first-order valence-electron chi connectivity index (χ1n) is 4.10. The number of hydrogen-bond donors (Lipinski definition) is 0.